The maximum atomic E-state index is 12.5. The molecule has 0 bridgehead atoms. The lowest BCUT2D eigenvalue weighted by atomic mass is 9.96. The minimum atomic E-state index is -1.09. The maximum absolute atomic E-state index is 12.5. The Balaban J connectivity index is 2.75. The molecular formula is C17H26N2O5. The van der Waals surface area contributed by atoms with Crippen molar-refractivity contribution < 1.29 is 24.2 Å². The Hall–Kier alpha value is -2.18. The average Bonchev–Trinajstić information content (AvgIpc) is 2.58. The van der Waals surface area contributed by atoms with E-state index in [1.807, 2.05) is 0 Å². The van der Waals surface area contributed by atoms with Crippen LogP contribution in [0.4, 0.5) is 0 Å². The first-order valence-electron chi connectivity index (χ1n) is 8.36. The van der Waals surface area contributed by atoms with Crippen molar-refractivity contribution in [3.8, 4) is 0 Å². The molecule has 0 aromatic carbocycles. The van der Waals surface area contributed by atoms with Crippen LogP contribution in [0.2, 0.25) is 0 Å². The summed E-state index contributed by atoms with van der Waals surface area (Å²) in [6.45, 7) is 5.64. The van der Waals surface area contributed by atoms with Crippen LogP contribution >= 0.6 is 0 Å². The fourth-order valence-corrected chi connectivity index (χ4v) is 2.55. The van der Waals surface area contributed by atoms with Crippen LogP contribution in [0.25, 0.3) is 0 Å². The van der Waals surface area contributed by atoms with Crippen molar-refractivity contribution in [2.75, 3.05) is 6.61 Å². The summed E-state index contributed by atoms with van der Waals surface area (Å²) in [7, 11) is 0. The molecule has 1 aliphatic heterocycles. The molecule has 0 aromatic rings. The van der Waals surface area contributed by atoms with E-state index in [0.717, 1.165) is 24.3 Å². The first-order valence-corrected chi connectivity index (χ1v) is 8.36. The van der Waals surface area contributed by atoms with E-state index in [4.69, 9.17) is 4.74 Å². The highest BCUT2D eigenvalue weighted by molar-refractivity contribution is 5.88. The first kappa shape index (κ1) is 19.9. The number of unbranched alkanes of at least 4 members (excludes halogenated alkanes) is 2. The molecule has 0 spiro atoms. The molecule has 0 unspecified atom stereocenters. The van der Waals surface area contributed by atoms with Gasteiger partial charge in [0, 0.05) is 12.6 Å². The fraction of sp³-hybridized carbons (Fsp3) is 0.647. The van der Waals surface area contributed by atoms with Gasteiger partial charge >= 0.3 is 11.9 Å². The molecule has 1 rings (SSSR count). The van der Waals surface area contributed by atoms with Gasteiger partial charge in [-0.2, -0.15) is 5.10 Å². The number of hydrogen-bond donors (Lipinski definition) is 1. The number of ether oxygens (including phenoxy) is 1. The Labute approximate surface area is 142 Å². The minimum Gasteiger partial charge on any atom is -0.480 e. The molecule has 1 N–H and O–H groups in total. The predicted octanol–water partition coefficient (Wildman–Crippen LogP) is 2.36. The zero-order valence-corrected chi connectivity index (χ0v) is 14.1. The van der Waals surface area contributed by atoms with Crippen molar-refractivity contribution in [1.82, 2.24) is 5.01 Å². The molecule has 2 atom stereocenters. The average molecular weight is 338 g/mol. The number of esters is 1. The molecule has 7 heteroatoms. The van der Waals surface area contributed by atoms with Gasteiger partial charge in [0.1, 0.15) is 6.61 Å². The molecule has 7 nitrogen and oxygen atoms in total. The second-order valence-electron chi connectivity index (χ2n) is 5.78. The highest BCUT2D eigenvalue weighted by Crippen LogP contribution is 2.21. The topological polar surface area (TPSA) is 96.3 Å². The third-order valence-corrected chi connectivity index (χ3v) is 3.86. The maximum Gasteiger partial charge on any atom is 0.328 e. The summed E-state index contributed by atoms with van der Waals surface area (Å²) in [5.74, 6) is -2.59. The predicted molar refractivity (Wildman–Crippen MR) is 89.4 cm³/mol. The van der Waals surface area contributed by atoms with E-state index in [0.29, 0.717) is 19.3 Å². The third-order valence-electron chi connectivity index (χ3n) is 3.86. The number of carbonyl (C=O) groups excluding carboxylic acids is 2. The van der Waals surface area contributed by atoms with E-state index < -0.39 is 29.8 Å². The molecule has 0 aliphatic carbocycles. The van der Waals surface area contributed by atoms with Crippen molar-refractivity contribution in [2.45, 2.75) is 57.9 Å². The third kappa shape index (κ3) is 6.14. The summed E-state index contributed by atoms with van der Waals surface area (Å²) in [6, 6.07) is -0.969. The van der Waals surface area contributed by atoms with E-state index in [1.54, 1.807) is 0 Å². The van der Waals surface area contributed by atoms with Crippen LogP contribution in [0.3, 0.4) is 0 Å². The Bertz CT molecular complexity index is 489. The molecule has 1 aliphatic rings. The highest BCUT2D eigenvalue weighted by Gasteiger charge is 2.33. The van der Waals surface area contributed by atoms with Gasteiger partial charge in [-0.3, -0.25) is 9.59 Å². The molecule has 0 aromatic heterocycles. The molecule has 0 fully saturated rings. The van der Waals surface area contributed by atoms with Crippen molar-refractivity contribution in [2.24, 2.45) is 11.0 Å². The SMILES string of the molecule is C=CCOC(=O)[C@@H](CCCCC)CC(=O)N1N=CCC[C@@H]1C(=O)O. The van der Waals surface area contributed by atoms with E-state index in [9.17, 15) is 19.5 Å². The molecular weight excluding hydrogens is 312 g/mol. The van der Waals surface area contributed by atoms with Gasteiger partial charge < -0.3 is 9.84 Å². The van der Waals surface area contributed by atoms with Gasteiger partial charge in [0.25, 0.3) is 0 Å². The van der Waals surface area contributed by atoms with Gasteiger partial charge in [-0.05, 0) is 19.3 Å². The summed E-state index contributed by atoms with van der Waals surface area (Å²) in [4.78, 5) is 35.9. The zero-order valence-electron chi connectivity index (χ0n) is 14.1. The molecule has 134 valence electrons. The van der Waals surface area contributed by atoms with Crippen LogP contribution in [-0.4, -0.2) is 46.8 Å². The van der Waals surface area contributed by atoms with Crippen molar-refractivity contribution >= 4 is 24.1 Å². The van der Waals surface area contributed by atoms with Crippen LogP contribution in [0.1, 0.15) is 51.9 Å². The number of carboxylic acid groups (broad SMARTS) is 1. The second-order valence-corrected chi connectivity index (χ2v) is 5.78. The quantitative estimate of drug-likeness (QED) is 0.375. The summed E-state index contributed by atoms with van der Waals surface area (Å²) >= 11 is 0. The summed E-state index contributed by atoms with van der Waals surface area (Å²) < 4.78 is 5.06. The molecule has 24 heavy (non-hydrogen) atoms. The lowest BCUT2D eigenvalue weighted by Gasteiger charge is -2.28. The van der Waals surface area contributed by atoms with Crippen molar-refractivity contribution in [3.05, 3.63) is 12.7 Å². The fourth-order valence-electron chi connectivity index (χ4n) is 2.55. The van der Waals surface area contributed by atoms with Gasteiger partial charge in [-0.1, -0.05) is 38.8 Å². The van der Waals surface area contributed by atoms with Gasteiger partial charge in [0.05, 0.1) is 5.92 Å². The molecule has 1 heterocycles. The van der Waals surface area contributed by atoms with E-state index in [-0.39, 0.29) is 13.0 Å². The number of carboxylic acids is 1. The number of aliphatic carboxylic acids is 1. The first-order chi connectivity index (χ1) is 11.5. The Morgan fingerprint density at radius 2 is 2.21 bits per heavy atom. The van der Waals surface area contributed by atoms with E-state index in [2.05, 4.69) is 18.6 Å². The Morgan fingerprint density at radius 3 is 2.83 bits per heavy atom. The lowest BCUT2D eigenvalue weighted by molar-refractivity contribution is -0.154. The Morgan fingerprint density at radius 1 is 1.46 bits per heavy atom. The van der Waals surface area contributed by atoms with Crippen LogP contribution in [0.15, 0.2) is 17.8 Å². The van der Waals surface area contributed by atoms with Crippen LogP contribution in [0, 0.1) is 5.92 Å². The number of nitrogens with zero attached hydrogens (tertiary/aromatic N) is 2. The number of rotatable bonds is 10. The molecule has 0 saturated carbocycles. The molecule has 1 amide bonds. The van der Waals surface area contributed by atoms with Crippen molar-refractivity contribution in [3.63, 3.8) is 0 Å². The smallest absolute Gasteiger partial charge is 0.328 e. The highest BCUT2D eigenvalue weighted by atomic mass is 16.5. The van der Waals surface area contributed by atoms with Gasteiger partial charge in [0.2, 0.25) is 5.91 Å². The second kappa shape index (κ2) is 10.6. The van der Waals surface area contributed by atoms with Gasteiger partial charge in [-0.25, -0.2) is 9.80 Å². The minimum absolute atomic E-state index is 0.0942. The van der Waals surface area contributed by atoms with Gasteiger partial charge in [-0.15, -0.1) is 0 Å². The normalized spacial score (nSPS) is 18.0. The summed E-state index contributed by atoms with van der Waals surface area (Å²) in [5.41, 5.74) is 0. The van der Waals surface area contributed by atoms with E-state index in [1.165, 1.54) is 12.3 Å². The van der Waals surface area contributed by atoms with Crippen LogP contribution < -0.4 is 0 Å². The number of carbonyl (C=O) groups is 3. The summed E-state index contributed by atoms with van der Waals surface area (Å²) in [5, 5.41) is 14.1. The molecule has 0 saturated heterocycles. The van der Waals surface area contributed by atoms with Crippen molar-refractivity contribution in [1.29, 1.82) is 0 Å². The molecule has 0 radical (unpaired) electrons. The number of amides is 1. The number of hydrogen-bond acceptors (Lipinski definition) is 5. The number of hydrazone groups is 1. The zero-order chi connectivity index (χ0) is 17.9. The van der Waals surface area contributed by atoms with Gasteiger partial charge in [0.15, 0.2) is 6.04 Å². The van der Waals surface area contributed by atoms with Crippen LogP contribution in [-0.2, 0) is 19.1 Å². The summed E-state index contributed by atoms with van der Waals surface area (Å²) in [6.07, 6.45) is 7.04. The van der Waals surface area contributed by atoms with Crippen LogP contribution in [0.5, 0.6) is 0 Å². The van der Waals surface area contributed by atoms with E-state index >= 15 is 0 Å². The largest absolute Gasteiger partial charge is 0.480 e. The lowest BCUT2D eigenvalue weighted by Crippen LogP contribution is -2.44. The Kier molecular flexibility index (Phi) is 8.75. The standard InChI is InChI=1S/C17H26N2O5/c1-3-5-6-8-13(17(23)24-11-4-2)12-15(20)19-14(16(21)22)9-7-10-18-19/h4,10,13-14H,2-3,5-9,11-12H2,1H3,(H,21,22)/t13-,14+/m0/s1. The monoisotopic (exact) mass is 338 g/mol.